The molecule has 0 unspecified atom stereocenters. The molecule has 11 rings (SSSR count). The number of anilines is 3. The molecule has 0 bridgehead atoms. The number of hydrogen-bond donors (Lipinski definition) is 0. The molecule has 0 spiro atoms. The third-order valence-corrected chi connectivity index (χ3v) is 10.7. The van der Waals surface area contributed by atoms with Crippen molar-refractivity contribution in [1.82, 2.24) is 9.55 Å². The van der Waals surface area contributed by atoms with E-state index in [1.165, 1.54) is 16.2 Å². The molecule has 0 N–H and O–H groups in total. The zero-order valence-electron chi connectivity index (χ0n) is 29.8. The van der Waals surface area contributed by atoms with Crippen molar-refractivity contribution >= 4 is 71.5 Å². The fraction of sp³-hybridized carbons (Fsp3) is 0. The first-order chi connectivity index (χ1) is 27.3. The number of benzene rings is 9. The number of rotatable bonds is 6. The van der Waals surface area contributed by atoms with E-state index < -0.39 is 0 Å². The lowest BCUT2D eigenvalue weighted by molar-refractivity contribution is 0.620. The molecular formula is C51H33N3O. The van der Waals surface area contributed by atoms with Crippen LogP contribution in [0.25, 0.3) is 82.7 Å². The van der Waals surface area contributed by atoms with Crippen LogP contribution in [0.4, 0.5) is 17.1 Å². The molecule has 2 aromatic heterocycles. The summed E-state index contributed by atoms with van der Waals surface area (Å²) in [5, 5.41) is 7.01. The Labute approximate surface area is 317 Å². The van der Waals surface area contributed by atoms with Crippen molar-refractivity contribution in [3.63, 3.8) is 0 Å². The van der Waals surface area contributed by atoms with Gasteiger partial charge in [-0.25, -0.2) is 4.98 Å². The lowest BCUT2D eigenvalue weighted by Crippen LogP contribution is -2.11. The SMILES string of the molecule is c1ccc(-c2cccc(N(c3cccc4nc(-c5ccc6ccccc6c5)oc34)c3cc4ccccc4c4c3c3ccccc3n4-c3ccccc3)c2)cc1. The topological polar surface area (TPSA) is 34.2 Å². The molecule has 11 aromatic rings. The molecule has 0 radical (unpaired) electrons. The normalized spacial score (nSPS) is 11.6. The highest BCUT2D eigenvalue weighted by molar-refractivity contribution is 6.25. The van der Waals surface area contributed by atoms with E-state index in [1.54, 1.807) is 0 Å². The average molecular weight is 704 g/mol. The van der Waals surface area contributed by atoms with E-state index >= 15 is 0 Å². The van der Waals surface area contributed by atoms with Gasteiger partial charge in [-0.2, -0.15) is 0 Å². The van der Waals surface area contributed by atoms with Crippen LogP contribution in [0.2, 0.25) is 0 Å². The van der Waals surface area contributed by atoms with Crippen LogP contribution in [0, 0.1) is 0 Å². The Morgan fingerprint density at radius 2 is 1.15 bits per heavy atom. The Hall–Kier alpha value is -7.43. The molecule has 0 aliphatic carbocycles. The summed E-state index contributed by atoms with van der Waals surface area (Å²) in [6.07, 6.45) is 0. The molecule has 9 aromatic carbocycles. The van der Waals surface area contributed by atoms with Crippen LogP contribution in [0.15, 0.2) is 205 Å². The lowest BCUT2D eigenvalue weighted by atomic mass is 10.0. The lowest BCUT2D eigenvalue weighted by Gasteiger charge is -2.27. The molecule has 258 valence electrons. The molecule has 55 heavy (non-hydrogen) atoms. The summed E-state index contributed by atoms with van der Waals surface area (Å²) in [7, 11) is 0. The summed E-state index contributed by atoms with van der Waals surface area (Å²) >= 11 is 0. The molecule has 0 saturated heterocycles. The second kappa shape index (κ2) is 12.6. The van der Waals surface area contributed by atoms with Crippen molar-refractivity contribution in [3.05, 3.63) is 200 Å². The van der Waals surface area contributed by atoms with Crippen LogP contribution in [0.1, 0.15) is 0 Å². The Kier molecular flexibility index (Phi) is 7.14. The highest BCUT2D eigenvalue weighted by Gasteiger charge is 2.26. The first-order valence-electron chi connectivity index (χ1n) is 18.6. The van der Waals surface area contributed by atoms with Gasteiger partial charge in [-0.15, -0.1) is 0 Å². The smallest absolute Gasteiger partial charge is 0.227 e. The highest BCUT2D eigenvalue weighted by Crippen LogP contribution is 2.49. The zero-order chi connectivity index (χ0) is 36.3. The van der Waals surface area contributed by atoms with Gasteiger partial charge in [-0.1, -0.05) is 140 Å². The number of para-hydroxylation sites is 3. The molecule has 4 nitrogen and oxygen atoms in total. The van der Waals surface area contributed by atoms with E-state index in [0.717, 1.165) is 77.7 Å². The van der Waals surface area contributed by atoms with Crippen molar-refractivity contribution in [1.29, 1.82) is 0 Å². The van der Waals surface area contributed by atoms with Gasteiger partial charge in [0, 0.05) is 33.1 Å². The summed E-state index contributed by atoms with van der Waals surface area (Å²) in [6, 6.07) is 71.0. The number of fused-ring (bicyclic) bond motifs is 7. The second-order valence-electron chi connectivity index (χ2n) is 14.0. The first-order valence-corrected chi connectivity index (χ1v) is 18.6. The molecule has 0 aliphatic rings. The molecule has 0 amide bonds. The minimum Gasteiger partial charge on any atom is -0.434 e. The quantitative estimate of drug-likeness (QED) is 0.173. The van der Waals surface area contributed by atoms with E-state index in [9.17, 15) is 0 Å². The van der Waals surface area contributed by atoms with Crippen LogP contribution in [-0.4, -0.2) is 9.55 Å². The Morgan fingerprint density at radius 3 is 2.00 bits per heavy atom. The van der Waals surface area contributed by atoms with Crippen LogP contribution in [0.5, 0.6) is 0 Å². The van der Waals surface area contributed by atoms with E-state index in [-0.39, 0.29) is 0 Å². The summed E-state index contributed by atoms with van der Waals surface area (Å²) in [4.78, 5) is 7.47. The van der Waals surface area contributed by atoms with Gasteiger partial charge >= 0.3 is 0 Å². The predicted molar refractivity (Wildman–Crippen MR) is 229 cm³/mol. The second-order valence-corrected chi connectivity index (χ2v) is 14.0. The van der Waals surface area contributed by atoms with Crippen LogP contribution in [0.3, 0.4) is 0 Å². The molecule has 0 saturated carbocycles. The maximum atomic E-state index is 6.88. The van der Waals surface area contributed by atoms with Gasteiger partial charge in [0.25, 0.3) is 0 Å². The highest BCUT2D eigenvalue weighted by atomic mass is 16.3. The minimum absolute atomic E-state index is 0.593. The number of aromatic nitrogens is 2. The van der Waals surface area contributed by atoms with Crippen molar-refractivity contribution in [2.75, 3.05) is 4.90 Å². The molecule has 0 atom stereocenters. The van der Waals surface area contributed by atoms with Gasteiger partial charge in [-0.3, -0.25) is 0 Å². The van der Waals surface area contributed by atoms with Crippen molar-refractivity contribution in [2.24, 2.45) is 0 Å². The van der Waals surface area contributed by atoms with Crippen LogP contribution in [-0.2, 0) is 0 Å². The molecule has 2 heterocycles. The fourth-order valence-electron chi connectivity index (χ4n) is 8.25. The maximum absolute atomic E-state index is 6.88. The molecule has 0 fully saturated rings. The van der Waals surface area contributed by atoms with Gasteiger partial charge in [-0.05, 0) is 87.9 Å². The molecular weight excluding hydrogens is 671 g/mol. The van der Waals surface area contributed by atoms with Crippen molar-refractivity contribution in [3.8, 4) is 28.3 Å². The van der Waals surface area contributed by atoms with E-state index in [1.807, 2.05) is 6.07 Å². The predicted octanol–water partition coefficient (Wildman–Crippen LogP) is 14.0. The van der Waals surface area contributed by atoms with Crippen molar-refractivity contribution < 1.29 is 4.42 Å². The van der Waals surface area contributed by atoms with Crippen LogP contribution < -0.4 is 4.90 Å². The Balaban J connectivity index is 1.24. The van der Waals surface area contributed by atoms with Gasteiger partial charge in [0.15, 0.2) is 5.58 Å². The zero-order valence-corrected chi connectivity index (χ0v) is 29.8. The van der Waals surface area contributed by atoms with E-state index in [2.05, 4.69) is 204 Å². The minimum atomic E-state index is 0.593. The maximum Gasteiger partial charge on any atom is 0.227 e. The van der Waals surface area contributed by atoms with E-state index in [4.69, 9.17) is 9.40 Å². The Morgan fingerprint density at radius 1 is 0.455 bits per heavy atom. The molecule has 4 heteroatoms. The Bertz CT molecular complexity index is 3210. The fourth-order valence-corrected chi connectivity index (χ4v) is 8.25. The van der Waals surface area contributed by atoms with Gasteiger partial charge in [0.1, 0.15) is 5.52 Å². The van der Waals surface area contributed by atoms with Gasteiger partial charge in [0.05, 0.1) is 22.4 Å². The van der Waals surface area contributed by atoms with E-state index in [0.29, 0.717) is 5.89 Å². The third-order valence-electron chi connectivity index (χ3n) is 10.7. The summed E-state index contributed by atoms with van der Waals surface area (Å²) in [6.45, 7) is 0. The van der Waals surface area contributed by atoms with Crippen LogP contribution >= 0.6 is 0 Å². The standard InChI is InChI=1S/C51H33N3O/c1-3-15-34(16-4-1)37-20-13-23-41(32-37)53(46-28-14-26-44-50(46)55-51(52-44)39-30-29-35-17-7-8-18-36(35)31-39)47-33-38-19-9-10-24-42(38)49-48(47)43-25-11-12-27-45(43)54(49)40-21-5-2-6-22-40/h1-33H. The summed E-state index contributed by atoms with van der Waals surface area (Å²) in [5.74, 6) is 0.593. The van der Waals surface area contributed by atoms with Crippen molar-refractivity contribution in [2.45, 2.75) is 0 Å². The summed E-state index contributed by atoms with van der Waals surface area (Å²) < 4.78 is 9.30. The number of oxazole rings is 1. The molecule has 0 aliphatic heterocycles. The third kappa shape index (κ3) is 5.11. The first kappa shape index (κ1) is 31.1. The number of hydrogen-bond acceptors (Lipinski definition) is 3. The number of nitrogens with zero attached hydrogens (tertiary/aromatic N) is 3. The average Bonchev–Trinajstić information content (AvgIpc) is 3.85. The largest absolute Gasteiger partial charge is 0.434 e. The van der Waals surface area contributed by atoms with Gasteiger partial charge < -0.3 is 13.9 Å². The summed E-state index contributed by atoms with van der Waals surface area (Å²) in [5.41, 5.74) is 11.2. The monoisotopic (exact) mass is 703 g/mol. The van der Waals surface area contributed by atoms with Gasteiger partial charge in [0.2, 0.25) is 5.89 Å².